The van der Waals surface area contributed by atoms with Gasteiger partial charge in [0.15, 0.2) is 9.84 Å². The van der Waals surface area contributed by atoms with Crippen LogP contribution in [0.3, 0.4) is 0 Å². The zero-order valence-electron chi connectivity index (χ0n) is 9.73. The largest absolute Gasteiger partial charge is 0.324 e. The molecule has 1 aliphatic heterocycles. The van der Waals surface area contributed by atoms with Crippen molar-refractivity contribution in [1.29, 1.82) is 0 Å². The van der Waals surface area contributed by atoms with Gasteiger partial charge in [-0.2, -0.15) is 0 Å². The number of amides is 1. The molecular formula is C12H14ClNO3S. The third kappa shape index (κ3) is 3.23. The number of benzene rings is 1. The lowest BCUT2D eigenvalue weighted by Crippen LogP contribution is -2.34. The van der Waals surface area contributed by atoms with Crippen molar-refractivity contribution in [3.8, 4) is 0 Å². The van der Waals surface area contributed by atoms with Gasteiger partial charge in [0, 0.05) is 0 Å². The maximum absolute atomic E-state index is 12.0. The second-order valence-electron chi connectivity index (χ2n) is 4.42. The van der Waals surface area contributed by atoms with Gasteiger partial charge in [-0.05, 0) is 25.0 Å². The number of rotatable bonds is 2. The first-order chi connectivity index (χ1) is 8.48. The lowest BCUT2D eigenvalue weighted by Gasteiger charge is -2.21. The number of para-hydroxylation sites is 1. The van der Waals surface area contributed by atoms with Crippen LogP contribution < -0.4 is 5.32 Å². The van der Waals surface area contributed by atoms with Crippen LogP contribution in [0.15, 0.2) is 24.3 Å². The van der Waals surface area contributed by atoms with Gasteiger partial charge in [-0.1, -0.05) is 23.7 Å². The Morgan fingerprint density at radius 1 is 1.33 bits per heavy atom. The van der Waals surface area contributed by atoms with E-state index in [-0.39, 0.29) is 17.4 Å². The van der Waals surface area contributed by atoms with Crippen molar-refractivity contribution in [3.63, 3.8) is 0 Å². The van der Waals surface area contributed by atoms with Gasteiger partial charge >= 0.3 is 0 Å². The van der Waals surface area contributed by atoms with Crippen LogP contribution in [-0.4, -0.2) is 25.8 Å². The summed E-state index contributed by atoms with van der Waals surface area (Å²) in [5, 5.41) is 3.13. The van der Waals surface area contributed by atoms with Crippen LogP contribution in [0.5, 0.6) is 0 Å². The number of carbonyl (C=O) groups excluding carboxylic acids is 1. The number of hydrogen-bond acceptors (Lipinski definition) is 3. The van der Waals surface area contributed by atoms with Crippen LogP contribution in [-0.2, 0) is 14.6 Å². The molecule has 4 nitrogen and oxygen atoms in total. The Kier molecular flexibility index (Phi) is 3.92. The topological polar surface area (TPSA) is 63.2 Å². The number of sulfone groups is 1. The highest BCUT2D eigenvalue weighted by atomic mass is 35.5. The molecule has 1 amide bonds. The quantitative estimate of drug-likeness (QED) is 0.906. The molecule has 1 aliphatic rings. The summed E-state index contributed by atoms with van der Waals surface area (Å²) in [5.74, 6) is -0.627. The normalized spacial score (nSPS) is 22.4. The third-order valence-corrected chi connectivity index (χ3v) is 5.12. The highest BCUT2D eigenvalue weighted by Crippen LogP contribution is 2.24. The van der Waals surface area contributed by atoms with Gasteiger partial charge < -0.3 is 5.32 Å². The smallest absolute Gasteiger partial charge is 0.228 e. The van der Waals surface area contributed by atoms with Gasteiger partial charge in [0.2, 0.25) is 5.91 Å². The minimum Gasteiger partial charge on any atom is -0.324 e. The van der Waals surface area contributed by atoms with Crippen molar-refractivity contribution in [2.24, 2.45) is 5.92 Å². The minimum absolute atomic E-state index is 0.0662. The Labute approximate surface area is 111 Å². The van der Waals surface area contributed by atoms with E-state index in [9.17, 15) is 13.2 Å². The zero-order chi connectivity index (χ0) is 13.2. The summed E-state index contributed by atoms with van der Waals surface area (Å²) in [6.07, 6.45) is 1.15. The molecule has 0 aliphatic carbocycles. The SMILES string of the molecule is O=C(Nc1ccccc1Cl)C1CCCS(=O)(=O)C1. The Morgan fingerprint density at radius 2 is 2.06 bits per heavy atom. The number of hydrogen-bond donors (Lipinski definition) is 1. The number of anilines is 1. The van der Waals surface area contributed by atoms with Crippen molar-refractivity contribution in [2.45, 2.75) is 12.8 Å². The average Bonchev–Trinajstić information content (AvgIpc) is 2.31. The molecule has 2 rings (SSSR count). The summed E-state index contributed by atoms with van der Waals surface area (Å²) in [6.45, 7) is 0. The molecule has 1 aromatic carbocycles. The van der Waals surface area contributed by atoms with E-state index in [0.29, 0.717) is 23.6 Å². The summed E-state index contributed by atoms with van der Waals surface area (Å²) in [7, 11) is -3.07. The van der Waals surface area contributed by atoms with Gasteiger partial charge in [-0.3, -0.25) is 4.79 Å². The maximum atomic E-state index is 12.0. The monoisotopic (exact) mass is 287 g/mol. The summed E-state index contributed by atoms with van der Waals surface area (Å²) in [6, 6.07) is 6.90. The fourth-order valence-electron chi connectivity index (χ4n) is 2.03. The van der Waals surface area contributed by atoms with Crippen LogP contribution in [0.4, 0.5) is 5.69 Å². The van der Waals surface area contributed by atoms with Gasteiger partial charge in [-0.25, -0.2) is 8.42 Å². The Morgan fingerprint density at radius 3 is 2.72 bits per heavy atom. The Hall–Kier alpha value is -1.07. The van der Waals surface area contributed by atoms with Crippen LogP contribution in [0.2, 0.25) is 5.02 Å². The van der Waals surface area contributed by atoms with E-state index in [4.69, 9.17) is 11.6 Å². The van der Waals surface area contributed by atoms with E-state index in [1.807, 2.05) is 0 Å². The lowest BCUT2D eigenvalue weighted by molar-refractivity contribution is -0.119. The molecular weight excluding hydrogens is 274 g/mol. The van der Waals surface area contributed by atoms with Crippen LogP contribution >= 0.6 is 11.6 Å². The zero-order valence-corrected chi connectivity index (χ0v) is 11.3. The molecule has 1 fully saturated rings. The molecule has 1 unspecified atom stereocenters. The molecule has 98 valence electrons. The summed E-state index contributed by atoms with van der Waals surface area (Å²) < 4.78 is 23.0. The fraction of sp³-hybridized carbons (Fsp3) is 0.417. The predicted octanol–water partition coefficient (Wildman–Crippen LogP) is 2.10. The highest BCUT2D eigenvalue weighted by molar-refractivity contribution is 7.91. The van der Waals surface area contributed by atoms with E-state index >= 15 is 0 Å². The van der Waals surface area contributed by atoms with Crippen molar-refractivity contribution in [2.75, 3.05) is 16.8 Å². The Bertz CT molecular complexity index is 556. The fourth-order valence-corrected chi connectivity index (χ4v) is 3.91. The molecule has 1 atom stereocenters. The second-order valence-corrected chi connectivity index (χ2v) is 7.06. The van der Waals surface area contributed by atoms with Crippen molar-refractivity contribution < 1.29 is 13.2 Å². The molecule has 1 N–H and O–H groups in total. The molecule has 0 bridgehead atoms. The summed E-state index contributed by atoms with van der Waals surface area (Å²) in [5.41, 5.74) is 0.520. The predicted molar refractivity (Wildman–Crippen MR) is 71.5 cm³/mol. The molecule has 6 heteroatoms. The van der Waals surface area contributed by atoms with Crippen molar-refractivity contribution >= 4 is 33.0 Å². The minimum atomic E-state index is -3.07. The lowest BCUT2D eigenvalue weighted by atomic mass is 10.0. The van der Waals surface area contributed by atoms with Crippen LogP contribution in [0.25, 0.3) is 0 Å². The first-order valence-corrected chi connectivity index (χ1v) is 7.94. The van der Waals surface area contributed by atoms with Crippen molar-refractivity contribution in [1.82, 2.24) is 0 Å². The van der Waals surface area contributed by atoms with E-state index in [2.05, 4.69) is 5.32 Å². The van der Waals surface area contributed by atoms with Gasteiger partial charge in [0.1, 0.15) is 0 Å². The number of nitrogens with one attached hydrogen (secondary N) is 1. The molecule has 0 spiro atoms. The van der Waals surface area contributed by atoms with Crippen LogP contribution in [0.1, 0.15) is 12.8 Å². The summed E-state index contributed by atoms with van der Waals surface area (Å²) in [4.78, 5) is 12.0. The average molecular weight is 288 g/mol. The molecule has 1 saturated heterocycles. The maximum Gasteiger partial charge on any atom is 0.228 e. The highest BCUT2D eigenvalue weighted by Gasteiger charge is 2.29. The first kappa shape index (κ1) is 13.4. The van der Waals surface area contributed by atoms with E-state index in [0.717, 1.165) is 0 Å². The Balaban J connectivity index is 2.07. The molecule has 18 heavy (non-hydrogen) atoms. The van der Waals surface area contributed by atoms with E-state index in [1.165, 1.54) is 0 Å². The van der Waals surface area contributed by atoms with Gasteiger partial charge in [0.25, 0.3) is 0 Å². The van der Waals surface area contributed by atoms with E-state index < -0.39 is 15.8 Å². The van der Waals surface area contributed by atoms with Gasteiger partial charge in [-0.15, -0.1) is 0 Å². The molecule has 0 saturated carbocycles. The molecule has 0 aromatic heterocycles. The first-order valence-electron chi connectivity index (χ1n) is 5.74. The standard InChI is InChI=1S/C12H14ClNO3S/c13-10-5-1-2-6-11(10)14-12(15)9-4-3-7-18(16,17)8-9/h1-2,5-6,9H,3-4,7-8H2,(H,14,15). The van der Waals surface area contributed by atoms with Gasteiger partial charge in [0.05, 0.1) is 28.1 Å². The van der Waals surface area contributed by atoms with E-state index in [1.54, 1.807) is 24.3 Å². The third-order valence-electron chi connectivity index (χ3n) is 2.97. The second kappa shape index (κ2) is 5.28. The molecule has 1 heterocycles. The van der Waals surface area contributed by atoms with Crippen LogP contribution in [0, 0.1) is 5.92 Å². The summed E-state index contributed by atoms with van der Waals surface area (Å²) >= 11 is 5.93. The number of halogens is 1. The molecule has 0 radical (unpaired) electrons. The van der Waals surface area contributed by atoms with Crippen molar-refractivity contribution in [3.05, 3.63) is 29.3 Å². The molecule has 1 aromatic rings. The number of carbonyl (C=O) groups is 1.